The monoisotopic (exact) mass is 361 g/mol. The van der Waals surface area contributed by atoms with Crippen LogP contribution in [0.1, 0.15) is 6.92 Å². The smallest absolute Gasteiger partial charge is 0.238 e. The number of aromatic nitrogens is 2. The van der Waals surface area contributed by atoms with Crippen LogP contribution in [0, 0.1) is 0 Å². The zero-order valence-corrected chi connectivity index (χ0v) is 13.1. The maximum atomic E-state index is 6.04. The van der Waals surface area contributed by atoms with E-state index in [2.05, 4.69) is 31.2 Å². The third kappa shape index (κ3) is 3.72. The fourth-order valence-electron chi connectivity index (χ4n) is 1.33. The van der Waals surface area contributed by atoms with Gasteiger partial charge in [0.25, 0.3) is 0 Å². The lowest BCUT2D eigenvalue weighted by Gasteiger charge is -2.10. The molecule has 0 bridgehead atoms. The molecule has 19 heavy (non-hydrogen) atoms. The second-order valence-electron chi connectivity index (χ2n) is 3.55. The van der Waals surface area contributed by atoms with Crippen LogP contribution in [0.5, 0.6) is 11.6 Å². The van der Waals surface area contributed by atoms with E-state index < -0.39 is 0 Å². The van der Waals surface area contributed by atoms with Crippen LogP contribution in [0.15, 0.2) is 28.9 Å². The van der Waals surface area contributed by atoms with Crippen LogP contribution >= 0.6 is 39.1 Å². The summed E-state index contributed by atoms with van der Waals surface area (Å²) in [5.74, 6) is 1.30. The van der Waals surface area contributed by atoms with E-state index in [1.165, 1.54) is 0 Å². The third-order valence-electron chi connectivity index (χ3n) is 2.15. The van der Waals surface area contributed by atoms with Gasteiger partial charge >= 0.3 is 0 Å². The Kier molecular flexibility index (Phi) is 4.85. The maximum absolute atomic E-state index is 6.04. The van der Waals surface area contributed by atoms with Gasteiger partial charge in [-0.05, 0) is 35.0 Å². The first-order chi connectivity index (χ1) is 9.10. The van der Waals surface area contributed by atoms with E-state index in [-0.39, 0.29) is 0 Å². The molecule has 4 nitrogen and oxygen atoms in total. The van der Waals surface area contributed by atoms with Crippen molar-refractivity contribution in [1.29, 1.82) is 0 Å². The summed E-state index contributed by atoms with van der Waals surface area (Å²) in [6.07, 6.45) is 1.61. The van der Waals surface area contributed by atoms with E-state index in [1.807, 2.05) is 6.92 Å². The molecule has 0 aliphatic rings. The number of halogens is 3. The number of hydrogen-bond donors (Lipinski definition) is 1. The van der Waals surface area contributed by atoms with Crippen LogP contribution in [-0.2, 0) is 0 Å². The van der Waals surface area contributed by atoms with Crippen LogP contribution in [-0.4, -0.2) is 16.5 Å². The fourth-order valence-corrected chi connectivity index (χ4v) is 1.92. The predicted molar refractivity (Wildman–Crippen MR) is 80.4 cm³/mol. The molecule has 0 amide bonds. The molecule has 0 atom stereocenters. The van der Waals surface area contributed by atoms with Crippen LogP contribution in [0.2, 0.25) is 10.0 Å². The zero-order valence-electron chi connectivity index (χ0n) is 9.95. The van der Waals surface area contributed by atoms with E-state index >= 15 is 0 Å². The van der Waals surface area contributed by atoms with Gasteiger partial charge in [0.2, 0.25) is 11.8 Å². The summed E-state index contributed by atoms with van der Waals surface area (Å²) in [4.78, 5) is 8.34. The number of rotatable bonds is 4. The number of hydrogen-bond acceptors (Lipinski definition) is 4. The van der Waals surface area contributed by atoms with E-state index in [4.69, 9.17) is 27.9 Å². The lowest BCUT2D eigenvalue weighted by Crippen LogP contribution is -2.03. The minimum absolute atomic E-state index is 0.370. The molecule has 2 rings (SSSR count). The van der Waals surface area contributed by atoms with E-state index in [9.17, 15) is 0 Å². The Morgan fingerprint density at radius 2 is 2.16 bits per heavy atom. The first kappa shape index (κ1) is 14.4. The largest absolute Gasteiger partial charge is 0.436 e. The SMILES string of the molecule is CCNc1ncc(Br)c(Oc2cc(Cl)ccc2Cl)n1. The molecule has 1 aromatic heterocycles. The number of anilines is 1. The molecule has 2 aromatic rings. The Balaban J connectivity index is 2.31. The maximum Gasteiger partial charge on any atom is 0.238 e. The van der Waals surface area contributed by atoms with Gasteiger partial charge in [0.15, 0.2) is 0 Å². The molecule has 0 aliphatic heterocycles. The highest BCUT2D eigenvalue weighted by molar-refractivity contribution is 9.10. The van der Waals surface area contributed by atoms with Gasteiger partial charge in [0, 0.05) is 17.6 Å². The number of ether oxygens (including phenoxy) is 1. The Labute approximate surface area is 129 Å². The molecule has 1 aromatic carbocycles. The second-order valence-corrected chi connectivity index (χ2v) is 5.25. The van der Waals surface area contributed by atoms with Crippen molar-refractivity contribution in [2.45, 2.75) is 6.92 Å². The molecule has 0 aliphatic carbocycles. The Morgan fingerprint density at radius 1 is 1.37 bits per heavy atom. The number of nitrogens with one attached hydrogen (secondary N) is 1. The van der Waals surface area contributed by atoms with Crippen LogP contribution < -0.4 is 10.1 Å². The summed E-state index contributed by atoms with van der Waals surface area (Å²) in [5, 5.41) is 4.00. The zero-order chi connectivity index (χ0) is 13.8. The molecule has 100 valence electrons. The van der Waals surface area contributed by atoms with Gasteiger partial charge in [-0.25, -0.2) is 4.98 Å². The molecular weight excluding hydrogens is 353 g/mol. The minimum Gasteiger partial charge on any atom is -0.436 e. The van der Waals surface area contributed by atoms with E-state index in [1.54, 1.807) is 24.4 Å². The highest BCUT2D eigenvalue weighted by Crippen LogP contribution is 2.34. The second kappa shape index (κ2) is 6.41. The summed E-state index contributed by atoms with van der Waals surface area (Å²) in [6.45, 7) is 2.68. The lowest BCUT2D eigenvalue weighted by molar-refractivity contribution is 0.459. The lowest BCUT2D eigenvalue weighted by atomic mass is 10.3. The molecule has 0 unspecified atom stereocenters. The molecule has 0 fully saturated rings. The van der Waals surface area contributed by atoms with Gasteiger partial charge in [-0.3, -0.25) is 0 Å². The Bertz CT molecular complexity index is 595. The van der Waals surface area contributed by atoms with Crippen molar-refractivity contribution in [3.63, 3.8) is 0 Å². The normalized spacial score (nSPS) is 10.3. The predicted octanol–water partition coefficient (Wildman–Crippen LogP) is 4.77. The van der Waals surface area contributed by atoms with E-state index in [0.29, 0.717) is 32.1 Å². The summed E-state index contributed by atoms with van der Waals surface area (Å²) in [6, 6.07) is 4.99. The average Bonchev–Trinajstić information content (AvgIpc) is 2.38. The van der Waals surface area contributed by atoms with Gasteiger partial charge in [0.05, 0.1) is 15.7 Å². The van der Waals surface area contributed by atoms with Crippen molar-refractivity contribution in [2.24, 2.45) is 0 Å². The molecule has 1 heterocycles. The summed E-state index contributed by atoms with van der Waals surface area (Å²) in [7, 11) is 0. The molecular formula is C12H10BrCl2N3O. The minimum atomic E-state index is 0.370. The first-order valence-electron chi connectivity index (χ1n) is 5.49. The molecule has 0 radical (unpaired) electrons. The van der Waals surface area contributed by atoms with Crippen molar-refractivity contribution in [1.82, 2.24) is 9.97 Å². The van der Waals surface area contributed by atoms with Gasteiger partial charge in [0.1, 0.15) is 5.75 Å². The van der Waals surface area contributed by atoms with Gasteiger partial charge in [-0.2, -0.15) is 4.98 Å². The molecule has 0 saturated carbocycles. The summed E-state index contributed by atoms with van der Waals surface area (Å²) < 4.78 is 6.28. The van der Waals surface area contributed by atoms with Crippen molar-refractivity contribution < 1.29 is 4.74 Å². The standard InChI is InChI=1S/C12H10BrCl2N3O/c1-2-16-12-17-6-8(13)11(18-12)19-10-5-7(14)3-4-9(10)15/h3-6H,2H2,1H3,(H,16,17,18). The molecule has 0 spiro atoms. The number of nitrogens with zero attached hydrogens (tertiary/aromatic N) is 2. The summed E-state index contributed by atoms with van der Waals surface area (Å²) >= 11 is 15.3. The van der Waals surface area contributed by atoms with Crippen LogP contribution in [0.4, 0.5) is 5.95 Å². The molecule has 0 saturated heterocycles. The fraction of sp³-hybridized carbons (Fsp3) is 0.167. The van der Waals surface area contributed by atoms with Crippen molar-refractivity contribution in [2.75, 3.05) is 11.9 Å². The summed E-state index contributed by atoms with van der Waals surface area (Å²) in [5.41, 5.74) is 0. The van der Waals surface area contributed by atoms with Crippen molar-refractivity contribution in [3.05, 3.63) is 38.9 Å². The van der Waals surface area contributed by atoms with Crippen molar-refractivity contribution in [3.8, 4) is 11.6 Å². The van der Waals surface area contributed by atoms with Gasteiger partial charge < -0.3 is 10.1 Å². The molecule has 1 N–H and O–H groups in total. The third-order valence-corrected chi connectivity index (χ3v) is 3.24. The van der Waals surface area contributed by atoms with Crippen molar-refractivity contribution >= 4 is 45.1 Å². The first-order valence-corrected chi connectivity index (χ1v) is 7.04. The van der Waals surface area contributed by atoms with Crippen LogP contribution in [0.25, 0.3) is 0 Å². The van der Waals surface area contributed by atoms with Crippen LogP contribution in [0.3, 0.4) is 0 Å². The number of benzene rings is 1. The topological polar surface area (TPSA) is 47.0 Å². The molecule has 7 heteroatoms. The highest BCUT2D eigenvalue weighted by atomic mass is 79.9. The highest BCUT2D eigenvalue weighted by Gasteiger charge is 2.10. The quantitative estimate of drug-likeness (QED) is 0.850. The Hall–Kier alpha value is -1.04. The Morgan fingerprint density at radius 3 is 2.89 bits per heavy atom. The van der Waals surface area contributed by atoms with Gasteiger partial charge in [-0.15, -0.1) is 0 Å². The van der Waals surface area contributed by atoms with Gasteiger partial charge in [-0.1, -0.05) is 23.2 Å². The van der Waals surface area contributed by atoms with E-state index in [0.717, 1.165) is 6.54 Å². The average molecular weight is 363 g/mol.